The predicted molar refractivity (Wildman–Crippen MR) is 244 cm³/mol. The summed E-state index contributed by atoms with van der Waals surface area (Å²) in [5.74, 6) is 2.48. The molecule has 3 heterocycles. The molecule has 8 aromatic rings. The average molecular weight is 759 g/mol. The lowest BCUT2D eigenvalue weighted by Gasteiger charge is -2.27. The third kappa shape index (κ3) is 7.02. The molecule has 0 amide bonds. The molecule has 58 heavy (non-hydrogen) atoms. The normalized spacial score (nSPS) is 13.2. The Morgan fingerprint density at radius 3 is 1.95 bits per heavy atom. The van der Waals surface area contributed by atoms with Crippen molar-refractivity contribution in [3.05, 3.63) is 181 Å². The minimum Gasteiger partial charge on any atom is -0.457 e. The zero-order valence-corrected chi connectivity index (χ0v) is 34.5. The lowest BCUT2D eigenvalue weighted by Crippen LogP contribution is -2.25. The van der Waals surface area contributed by atoms with E-state index in [1.54, 1.807) is 0 Å². The van der Waals surface area contributed by atoms with Gasteiger partial charge in [-0.25, -0.2) is 4.98 Å². The molecule has 0 aliphatic carbocycles. The molecule has 288 valence electrons. The van der Waals surface area contributed by atoms with Crippen LogP contribution in [0.15, 0.2) is 164 Å². The van der Waals surface area contributed by atoms with Gasteiger partial charge in [0.1, 0.15) is 17.3 Å². The monoisotopic (exact) mass is 758 g/mol. The number of benzene rings is 6. The van der Waals surface area contributed by atoms with Crippen LogP contribution in [-0.2, 0) is 10.8 Å². The van der Waals surface area contributed by atoms with Crippen LogP contribution >= 0.6 is 0 Å². The topological polar surface area (TPSA) is 33.5 Å². The molecular formula is C53H50N4O. The molecule has 0 N–H and O–H groups in total. The Bertz CT molecular complexity index is 2820. The van der Waals surface area contributed by atoms with Crippen LogP contribution in [0.3, 0.4) is 0 Å². The zero-order chi connectivity index (χ0) is 40.2. The average Bonchev–Trinajstić information content (AvgIpc) is 3.84. The van der Waals surface area contributed by atoms with Crippen molar-refractivity contribution in [1.82, 2.24) is 9.55 Å². The maximum Gasteiger partial charge on any atom is 0.137 e. The van der Waals surface area contributed by atoms with Crippen LogP contribution in [0.5, 0.6) is 11.5 Å². The van der Waals surface area contributed by atoms with Gasteiger partial charge in [-0.3, -0.25) is 4.57 Å². The van der Waals surface area contributed by atoms with E-state index < -0.39 is 0 Å². The first-order valence-electron chi connectivity index (χ1n) is 20.2. The second-order valence-electron chi connectivity index (χ2n) is 17.5. The first kappa shape index (κ1) is 37.0. The van der Waals surface area contributed by atoms with Gasteiger partial charge in [-0.15, -0.1) is 0 Å². The fourth-order valence-electron chi connectivity index (χ4n) is 8.10. The molecule has 0 saturated heterocycles. The number of anilines is 2. The van der Waals surface area contributed by atoms with Crippen molar-refractivity contribution in [3.63, 3.8) is 0 Å². The second-order valence-corrected chi connectivity index (χ2v) is 17.5. The Labute approximate surface area is 342 Å². The molecule has 2 aromatic heterocycles. The van der Waals surface area contributed by atoms with Gasteiger partial charge in [-0.1, -0.05) is 120 Å². The summed E-state index contributed by atoms with van der Waals surface area (Å²) in [4.78, 5) is 9.55. The predicted octanol–water partition coefficient (Wildman–Crippen LogP) is 14.0. The molecule has 0 spiro atoms. The van der Waals surface area contributed by atoms with Crippen molar-refractivity contribution in [2.24, 2.45) is 0 Å². The van der Waals surface area contributed by atoms with Crippen LogP contribution in [0.1, 0.15) is 58.2 Å². The van der Waals surface area contributed by atoms with Gasteiger partial charge in [0.25, 0.3) is 0 Å². The highest BCUT2D eigenvalue weighted by Crippen LogP contribution is 2.41. The molecule has 1 aliphatic rings. The van der Waals surface area contributed by atoms with E-state index in [1.165, 1.54) is 55.4 Å². The molecular weight excluding hydrogens is 709 g/mol. The number of rotatable bonds is 7. The number of hydrogen-bond acceptors (Lipinski definition) is 4. The summed E-state index contributed by atoms with van der Waals surface area (Å²) in [6.07, 6.45) is 6.31. The first-order chi connectivity index (χ1) is 27.9. The van der Waals surface area contributed by atoms with Gasteiger partial charge in [0.05, 0.1) is 17.7 Å². The molecule has 5 heteroatoms. The molecule has 9 rings (SSSR count). The molecule has 0 fully saturated rings. The second kappa shape index (κ2) is 14.4. The van der Waals surface area contributed by atoms with E-state index in [2.05, 4.69) is 221 Å². The maximum absolute atomic E-state index is 6.85. The summed E-state index contributed by atoms with van der Waals surface area (Å²) in [5.41, 5.74) is 12.9. The van der Waals surface area contributed by atoms with E-state index in [0.717, 1.165) is 34.0 Å². The lowest BCUT2D eigenvalue weighted by molar-refractivity contribution is 0.479. The molecule has 1 aliphatic heterocycles. The highest BCUT2D eigenvalue weighted by Gasteiger charge is 2.24. The van der Waals surface area contributed by atoms with Gasteiger partial charge in [0.15, 0.2) is 0 Å². The standard InChI is InChI=1S/C53H50N4O/c1-36-47(38-18-12-9-13-19-38)28-39(37-16-10-8-11-17-37)29-49(36)56-27-26-55(35-56)42-30-41(53(5,6)7)31-44(33-42)58-43-22-23-46-45-20-14-15-21-48(45)57(50(46)34-43)51-32-40(24-25-54-51)52(2,3)4/h8-34H,35H2,1-7H3. The van der Waals surface area contributed by atoms with Crippen molar-refractivity contribution in [2.45, 2.75) is 59.3 Å². The van der Waals surface area contributed by atoms with Crippen LogP contribution in [0.4, 0.5) is 11.4 Å². The number of para-hydroxylation sites is 1. The van der Waals surface area contributed by atoms with Crippen LogP contribution in [-0.4, -0.2) is 16.2 Å². The first-order valence-corrected chi connectivity index (χ1v) is 20.2. The van der Waals surface area contributed by atoms with Gasteiger partial charge < -0.3 is 14.5 Å². The molecule has 6 aromatic carbocycles. The zero-order valence-electron chi connectivity index (χ0n) is 34.5. The van der Waals surface area contributed by atoms with Crippen LogP contribution in [0.25, 0.3) is 49.9 Å². The van der Waals surface area contributed by atoms with E-state index in [9.17, 15) is 0 Å². The summed E-state index contributed by atoms with van der Waals surface area (Å²) < 4.78 is 9.12. The van der Waals surface area contributed by atoms with Gasteiger partial charge >= 0.3 is 0 Å². The van der Waals surface area contributed by atoms with Crippen molar-refractivity contribution in [3.8, 4) is 39.6 Å². The molecule has 0 bridgehead atoms. The Hall–Kier alpha value is -6.59. The smallest absolute Gasteiger partial charge is 0.137 e. The Morgan fingerprint density at radius 2 is 1.21 bits per heavy atom. The van der Waals surface area contributed by atoms with Crippen LogP contribution in [0.2, 0.25) is 0 Å². The largest absolute Gasteiger partial charge is 0.457 e. The number of fused-ring (bicyclic) bond motifs is 3. The molecule has 0 unspecified atom stereocenters. The van der Waals surface area contributed by atoms with E-state index in [-0.39, 0.29) is 10.8 Å². The van der Waals surface area contributed by atoms with Crippen LogP contribution < -0.4 is 14.5 Å². The van der Waals surface area contributed by atoms with E-state index in [0.29, 0.717) is 6.67 Å². The maximum atomic E-state index is 6.85. The lowest BCUT2D eigenvalue weighted by atomic mass is 9.86. The summed E-state index contributed by atoms with van der Waals surface area (Å²) >= 11 is 0. The summed E-state index contributed by atoms with van der Waals surface area (Å²) in [6.45, 7) is 16.4. The fourth-order valence-corrected chi connectivity index (χ4v) is 8.10. The van der Waals surface area contributed by atoms with Gasteiger partial charge in [0, 0.05) is 52.9 Å². The number of aromatic nitrogens is 2. The Balaban J connectivity index is 1.08. The van der Waals surface area contributed by atoms with Gasteiger partial charge in [0.2, 0.25) is 0 Å². The van der Waals surface area contributed by atoms with Crippen molar-refractivity contribution >= 4 is 33.2 Å². The van der Waals surface area contributed by atoms with Gasteiger partial charge in [-0.05, 0) is 111 Å². The van der Waals surface area contributed by atoms with E-state index in [4.69, 9.17) is 9.72 Å². The third-order valence-corrected chi connectivity index (χ3v) is 11.4. The van der Waals surface area contributed by atoms with Gasteiger partial charge in [-0.2, -0.15) is 0 Å². The SMILES string of the molecule is Cc1c(-c2ccccc2)cc(-c2ccccc2)cc1N1C=CN(c2cc(Oc3ccc4c5ccccc5n(-c5cc(C(C)(C)C)ccn5)c4c3)cc(C(C)(C)C)c2)C1. The summed E-state index contributed by atoms with van der Waals surface area (Å²) in [6, 6.07) is 52.0. The van der Waals surface area contributed by atoms with E-state index >= 15 is 0 Å². The highest BCUT2D eigenvalue weighted by molar-refractivity contribution is 6.09. The van der Waals surface area contributed by atoms with Crippen molar-refractivity contribution in [1.29, 1.82) is 0 Å². The number of ether oxygens (including phenoxy) is 1. The van der Waals surface area contributed by atoms with Crippen LogP contribution in [0, 0.1) is 6.92 Å². The number of pyridine rings is 1. The molecule has 0 saturated carbocycles. The number of nitrogens with zero attached hydrogens (tertiary/aromatic N) is 4. The minimum absolute atomic E-state index is 0.00179. The quantitative estimate of drug-likeness (QED) is 0.162. The highest BCUT2D eigenvalue weighted by atomic mass is 16.5. The molecule has 5 nitrogen and oxygen atoms in total. The number of hydrogen-bond donors (Lipinski definition) is 0. The summed E-state index contributed by atoms with van der Waals surface area (Å²) in [5, 5.41) is 2.36. The summed E-state index contributed by atoms with van der Waals surface area (Å²) in [7, 11) is 0. The van der Waals surface area contributed by atoms with Crippen molar-refractivity contribution in [2.75, 3.05) is 16.5 Å². The minimum atomic E-state index is -0.0947. The molecule has 0 atom stereocenters. The Kier molecular flexibility index (Phi) is 9.20. The Morgan fingerprint density at radius 1 is 0.534 bits per heavy atom. The fraction of sp³-hybridized carbons (Fsp3) is 0.189. The van der Waals surface area contributed by atoms with Crippen molar-refractivity contribution < 1.29 is 4.74 Å². The third-order valence-electron chi connectivity index (χ3n) is 11.4. The molecule has 0 radical (unpaired) electrons. The van der Waals surface area contributed by atoms with E-state index in [1.807, 2.05) is 6.20 Å².